The summed E-state index contributed by atoms with van der Waals surface area (Å²) in [5, 5.41) is 7.95. The quantitative estimate of drug-likeness (QED) is 0.288. The molecule has 0 fully saturated rings. The molecule has 7 nitrogen and oxygen atoms in total. The molecule has 0 spiro atoms. The third-order valence-electron chi connectivity index (χ3n) is 6.99. The molecule has 0 bridgehead atoms. The molecule has 3 aromatic carbocycles. The monoisotopic (exact) mass is 559 g/mol. The molecule has 0 radical (unpaired) electrons. The van der Waals surface area contributed by atoms with Gasteiger partial charge in [-0.1, -0.05) is 62.4 Å². The lowest BCUT2D eigenvalue weighted by atomic mass is 9.93. The Kier molecular flexibility index (Phi) is 10.2. The molecule has 0 saturated carbocycles. The number of hydrogen-bond donors (Lipinski definition) is 2. The van der Waals surface area contributed by atoms with E-state index >= 15 is 0 Å². The highest BCUT2D eigenvalue weighted by molar-refractivity contribution is 6.00. The van der Waals surface area contributed by atoms with Gasteiger partial charge in [-0.15, -0.1) is 0 Å². The number of amides is 3. The number of nitrogens with zero attached hydrogens (tertiary/aromatic N) is 1. The summed E-state index contributed by atoms with van der Waals surface area (Å²) in [5.41, 5.74) is 2.63. The van der Waals surface area contributed by atoms with Gasteiger partial charge in [-0.3, -0.25) is 9.59 Å². The maximum Gasteiger partial charge on any atom is 0.408 e. The number of ether oxygens (including phenoxy) is 1. The fourth-order valence-electron chi connectivity index (χ4n) is 4.97. The Morgan fingerprint density at radius 3 is 2.15 bits per heavy atom. The van der Waals surface area contributed by atoms with Gasteiger partial charge in [0, 0.05) is 11.7 Å². The fourth-order valence-corrected chi connectivity index (χ4v) is 4.97. The number of fused-ring (bicyclic) bond motifs is 1. The minimum atomic E-state index is -0.927. The van der Waals surface area contributed by atoms with Crippen molar-refractivity contribution in [2.75, 3.05) is 5.32 Å². The van der Waals surface area contributed by atoms with Crippen molar-refractivity contribution >= 4 is 34.4 Å². The Balaban J connectivity index is 2.06. The van der Waals surface area contributed by atoms with Crippen molar-refractivity contribution in [3.05, 3.63) is 77.4 Å². The van der Waals surface area contributed by atoms with Crippen molar-refractivity contribution in [1.82, 2.24) is 10.2 Å². The standard InChI is InChI=1S/C34H45N3O4/c1-21(2)19-29(36-33(40)41-34(7,8)9)32(39)37(22(3)4)30(28-16-12-13-23(5)24(28)6)31(38)35-27-18-17-25-14-10-11-15-26(25)20-27/h10-18,20-22,29-30H,19H2,1-9H3,(H,35,38)(H,36,40). The van der Waals surface area contributed by atoms with Gasteiger partial charge in [-0.2, -0.15) is 0 Å². The third-order valence-corrected chi connectivity index (χ3v) is 6.99. The number of carbonyl (C=O) groups is 3. The maximum atomic E-state index is 14.3. The lowest BCUT2D eigenvalue weighted by Crippen LogP contribution is -2.54. The van der Waals surface area contributed by atoms with Gasteiger partial charge in [0.15, 0.2) is 0 Å². The Labute approximate surface area is 244 Å². The highest BCUT2D eigenvalue weighted by Crippen LogP contribution is 2.31. The summed E-state index contributed by atoms with van der Waals surface area (Å²) in [6.07, 6.45) is -0.267. The first-order valence-corrected chi connectivity index (χ1v) is 14.4. The first kappa shape index (κ1) is 31.7. The number of nitrogens with one attached hydrogen (secondary N) is 2. The van der Waals surface area contributed by atoms with Crippen LogP contribution < -0.4 is 10.6 Å². The van der Waals surface area contributed by atoms with E-state index in [0.717, 1.165) is 27.5 Å². The van der Waals surface area contributed by atoms with E-state index in [9.17, 15) is 14.4 Å². The fraction of sp³-hybridized carbons (Fsp3) is 0.441. The summed E-state index contributed by atoms with van der Waals surface area (Å²) in [4.78, 5) is 42.9. The van der Waals surface area contributed by atoms with Crippen molar-refractivity contribution < 1.29 is 19.1 Å². The number of hydrogen-bond acceptors (Lipinski definition) is 4. The van der Waals surface area contributed by atoms with E-state index in [-0.39, 0.29) is 23.8 Å². The summed E-state index contributed by atoms with van der Waals surface area (Å²) in [6.45, 7) is 17.0. The molecule has 41 heavy (non-hydrogen) atoms. The second-order valence-corrected chi connectivity index (χ2v) is 12.4. The van der Waals surface area contributed by atoms with Crippen LogP contribution in [0.25, 0.3) is 10.8 Å². The van der Waals surface area contributed by atoms with Crippen molar-refractivity contribution in [3.8, 4) is 0 Å². The molecule has 3 aromatic rings. The summed E-state index contributed by atoms with van der Waals surface area (Å²) < 4.78 is 5.48. The van der Waals surface area contributed by atoms with E-state index in [4.69, 9.17) is 4.74 Å². The predicted molar refractivity (Wildman–Crippen MR) is 166 cm³/mol. The van der Waals surface area contributed by atoms with Crippen LogP contribution in [0.2, 0.25) is 0 Å². The highest BCUT2D eigenvalue weighted by Gasteiger charge is 2.38. The Hall–Kier alpha value is -3.87. The minimum Gasteiger partial charge on any atom is -0.444 e. The van der Waals surface area contributed by atoms with E-state index < -0.39 is 23.8 Å². The van der Waals surface area contributed by atoms with Crippen molar-refractivity contribution in [3.63, 3.8) is 0 Å². The predicted octanol–water partition coefficient (Wildman–Crippen LogP) is 7.31. The van der Waals surface area contributed by atoms with Crippen LogP contribution in [0.4, 0.5) is 10.5 Å². The van der Waals surface area contributed by atoms with Gasteiger partial charge in [0.05, 0.1) is 0 Å². The average molecular weight is 560 g/mol. The SMILES string of the molecule is Cc1cccc(C(C(=O)Nc2ccc3ccccc3c2)N(C(=O)C(CC(C)C)NC(=O)OC(C)(C)C)C(C)C)c1C. The molecule has 0 heterocycles. The van der Waals surface area contributed by atoms with E-state index in [1.807, 2.05) is 102 Å². The molecule has 2 N–H and O–H groups in total. The number of anilines is 1. The zero-order valence-electron chi connectivity index (χ0n) is 25.9. The molecule has 2 unspecified atom stereocenters. The van der Waals surface area contributed by atoms with Crippen LogP contribution >= 0.6 is 0 Å². The molecule has 0 aromatic heterocycles. The van der Waals surface area contributed by atoms with Crippen LogP contribution in [0.5, 0.6) is 0 Å². The van der Waals surface area contributed by atoms with Crippen LogP contribution in [0.1, 0.15) is 77.6 Å². The lowest BCUT2D eigenvalue weighted by Gasteiger charge is -2.38. The molecule has 220 valence electrons. The first-order valence-electron chi connectivity index (χ1n) is 14.4. The molecular formula is C34H45N3O4. The van der Waals surface area contributed by atoms with Crippen LogP contribution in [0.3, 0.4) is 0 Å². The van der Waals surface area contributed by atoms with Gasteiger partial charge < -0.3 is 20.3 Å². The molecule has 3 amide bonds. The molecular weight excluding hydrogens is 514 g/mol. The van der Waals surface area contributed by atoms with Gasteiger partial charge in [-0.25, -0.2) is 4.79 Å². The van der Waals surface area contributed by atoms with E-state index in [2.05, 4.69) is 10.6 Å². The summed E-state index contributed by atoms with van der Waals surface area (Å²) in [5.74, 6) is -0.547. The van der Waals surface area contributed by atoms with Gasteiger partial charge in [0.1, 0.15) is 17.7 Å². The summed E-state index contributed by atoms with van der Waals surface area (Å²) in [6, 6.07) is 17.4. The molecule has 7 heteroatoms. The Morgan fingerprint density at radius 2 is 1.54 bits per heavy atom. The topological polar surface area (TPSA) is 87.7 Å². The van der Waals surface area contributed by atoms with Crippen molar-refractivity contribution in [2.45, 2.75) is 92.5 Å². The van der Waals surface area contributed by atoms with Crippen LogP contribution in [-0.2, 0) is 14.3 Å². The molecule has 0 saturated heterocycles. The Bertz CT molecular complexity index is 1390. The van der Waals surface area contributed by atoms with Gasteiger partial charge >= 0.3 is 6.09 Å². The maximum absolute atomic E-state index is 14.3. The molecule has 0 aliphatic heterocycles. The zero-order chi connectivity index (χ0) is 30.5. The second kappa shape index (κ2) is 13.2. The van der Waals surface area contributed by atoms with Crippen LogP contribution in [-0.4, -0.2) is 40.5 Å². The van der Waals surface area contributed by atoms with Gasteiger partial charge in [0.2, 0.25) is 5.91 Å². The van der Waals surface area contributed by atoms with Crippen LogP contribution in [0, 0.1) is 19.8 Å². The van der Waals surface area contributed by atoms with Crippen LogP contribution in [0.15, 0.2) is 60.7 Å². The Morgan fingerprint density at radius 1 is 0.878 bits per heavy atom. The van der Waals surface area contributed by atoms with Gasteiger partial charge in [0.25, 0.3) is 5.91 Å². The number of alkyl carbamates (subject to hydrolysis) is 1. The normalized spacial score (nSPS) is 13.1. The molecule has 3 rings (SSSR count). The number of rotatable bonds is 9. The molecule has 0 aliphatic carbocycles. The first-order chi connectivity index (χ1) is 19.2. The van der Waals surface area contributed by atoms with E-state index in [0.29, 0.717) is 12.1 Å². The third kappa shape index (κ3) is 8.32. The van der Waals surface area contributed by atoms with E-state index in [1.54, 1.807) is 25.7 Å². The number of benzene rings is 3. The second-order valence-electron chi connectivity index (χ2n) is 12.4. The van der Waals surface area contributed by atoms with E-state index in [1.165, 1.54) is 0 Å². The lowest BCUT2D eigenvalue weighted by molar-refractivity contribution is -0.143. The smallest absolute Gasteiger partial charge is 0.408 e. The average Bonchev–Trinajstić information content (AvgIpc) is 2.86. The largest absolute Gasteiger partial charge is 0.444 e. The highest BCUT2D eigenvalue weighted by atomic mass is 16.6. The van der Waals surface area contributed by atoms with Crippen molar-refractivity contribution in [2.24, 2.45) is 5.92 Å². The zero-order valence-corrected chi connectivity index (χ0v) is 25.9. The molecule has 2 atom stereocenters. The minimum absolute atomic E-state index is 0.110. The summed E-state index contributed by atoms with van der Waals surface area (Å²) in [7, 11) is 0. The number of carbonyl (C=O) groups excluding carboxylic acids is 3. The van der Waals surface area contributed by atoms with Crippen molar-refractivity contribution in [1.29, 1.82) is 0 Å². The van der Waals surface area contributed by atoms with Gasteiger partial charge in [-0.05, 0) is 100 Å². The molecule has 0 aliphatic rings. The number of aryl methyl sites for hydroxylation is 1. The summed E-state index contributed by atoms with van der Waals surface area (Å²) >= 11 is 0.